The summed E-state index contributed by atoms with van der Waals surface area (Å²) in [5.41, 5.74) is 3.43. The zero-order valence-corrected chi connectivity index (χ0v) is 17.7. The summed E-state index contributed by atoms with van der Waals surface area (Å²) >= 11 is 0. The molecule has 0 aliphatic carbocycles. The van der Waals surface area contributed by atoms with E-state index in [0.717, 1.165) is 35.5 Å². The first-order chi connectivity index (χ1) is 14.7. The Morgan fingerprint density at radius 3 is 2.65 bits per heavy atom. The van der Waals surface area contributed by atoms with E-state index in [1.54, 1.807) is 39.1 Å². The summed E-state index contributed by atoms with van der Waals surface area (Å²) in [4.78, 5) is 26.1. The van der Waals surface area contributed by atoms with Gasteiger partial charge in [-0.2, -0.15) is 0 Å². The number of hydrogen-bond donors (Lipinski definition) is 2. The molecule has 2 N–H and O–H groups in total. The first-order valence-corrected chi connectivity index (χ1v) is 10.0. The number of aryl methyl sites for hydroxylation is 1. The molecule has 0 unspecified atom stereocenters. The van der Waals surface area contributed by atoms with Crippen LogP contribution in [0.1, 0.15) is 36.2 Å². The largest absolute Gasteiger partial charge is 0.386 e. The van der Waals surface area contributed by atoms with Crippen LogP contribution in [-0.2, 0) is 18.6 Å². The van der Waals surface area contributed by atoms with Crippen molar-refractivity contribution >= 4 is 23.0 Å². The minimum absolute atomic E-state index is 0.123. The summed E-state index contributed by atoms with van der Waals surface area (Å²) in [7, 11) is 0. The lowest BCUT2D eigenvalue weighted by molar-refractivity contribution is -0.385. The molecule has 3 heterocycles. The molecule has 9 nitrogen and oxygen atoms in total. The third kappa shape index (κ3) is 4.31. The predicted octanol–water partition coefficient (Wildman–Crippen LogP) is 3.62. The lowest BCUT2D eigenvalue weighted by Crippen LogP contribution is -2.31. The van der Waals surface area contributed by atoms with Crippen LogP contribution in [-0.4, -0.2) is 31.5 Å². The summed E-state index contributed by atoms with van der Waals surface area (Å²) in [6.45, 7) is 6.53. The van der Waals surface area contributed by atoms with Crippen LogP contribution in [0.3, 0.4) is 0 Å². The van der Waals surface area contributed by atoms with E-state index >= 15 is 0 Å². The van der Waals surface area contributed by atoms with Gasteiger partial charge in [0.15, 0.2) is 0 Å². The zero-order chi connectivity index (χ0) is 22.2. The van der Waals surface area contributed by atoms with Crippen molar-refractivity contribution in [2.45, 2.75) is 39.3 Å². The SMILES string of the molecule is Cc1cc(N2CCc3c(ncnc3Nc3ccc(C(C)(C)O)cn3)C2)ccc1[N+](=O)[O-]. The van der Waals surface area contributed by atoms with E-state index < -0.39 is 5.60 Å². The van der Waals surface area contributed by atoms with Gasteiger partial charge in [-0.1, -0.05) is 6.07 Å². The van der Waals surface area contributed by atoms with Crippen molar-refractivity contribution in [3.05, 3.63) is 75.4 Å². The minimum atomic E-state index is -0.945. The number of pyridine rings is 1. The van der Waals surface area contributed by atoms with E-state index in [-0.39, 0.29) is 10.6 Å². The number of aliphatic hydroxyl groups is 1. The smallest absolute Gasteiger partial charge is 0.272 e. The lowest BCUT2D eigenvalue weighted by Gasteiger charge is -2.30. The first kappa shape index (κ1) is 20.7. The maximum Gasteiger partial charge on any atom is 0.272 e. The second kappa shape index (κ2) is 7.92. The Bertz CT molecular complexity index is 1130. The van der Waals surface area contributed by atoms with Crippen molar-refractivity contribution in [2.75, 3.05) is 16.8 Å². The number of fused-ring (bicyclic) bond motifs is 1. The quantitative estimate of drug-likeness (QED) is 0.475. The second-order valence-corrected chi connectivity index (χ2v) is 8.16. The first-order valence-electron chi connectivity index (χ1n) is 10.0. The Hall–Kier alpha value is -3.59. The summed E-state index contributed by atoms with van der Waals surface area (Å²) in [6.07, 6.45) is 3.90. The second-order valence-electron chi connectivity index (χ2n) is 8.16. The van der Waals surface area contributed by atoms with Gasteiger partial charge in [0, 0.05) is 41.2 Å². The number of hydrogen-bond acceptors (Lipinski definition) is 8. The summed E-state index contributed by atoms with van der Waals surface area (Å²) in [6, 6.07) is 8.83. The molecule has 0 bridgehead atoms. The summed E-state index contributed by atoms with van der Waals surface area (Å²) < 4.78 is 0. The van der Waals surface area contributed by atoms with Crippen molar-refractivity contribution in [1.29, 1.82) is 0 Å². The molecule has 0 saturated carbocycles. The average Bonchev–Trinajstić information content (AvgIpc) is 2.73. The molecule has 0 atom stereocenters. The van der Waals surface area contributed by atoms with Gasteiger partial charge in [0.25, 0.3) is 5.69 Å². The van der Waals surface area contributed by atoms with Gasteiger partial charge in [-0.3, -0.25) is 10.1 Å². The van der Waals surface area contributed by atoms with Crippen molar-refractivity contribution in [2.24, 2.45) is 0 Å². The van der Waals surface area contributed by atoms with Gasteiger partial charge >= 0.3 is 0 Å². The lowest BCUT2D eigenvalue weighted by atomic mass is 10.0. The van der Waals surface area contributed by atoms with E-state index in [0.29, 0.717) is 23.7 Å². The molecule has 1 aromatic carbocycles. The van der Waals surface area contributed by atoms with Gasteiger partial charge in [0.1, 0.15) is 18.0 Å². The molecule has 0 saturated heterocycles. The van der Waals surface area contributed by atoms with Gasteiger partial charge in [0.05, 0.1) is 22.8 Å². The molecule has 4 rings (SSSR count). The highest BCUT2D eigenvalue weighted by molar-refractivity contribution is 5.60. The minimum Gasteiger partial charge on any atom is -0.386 e. The molecule has 2 aromatic heterocycles. The highest BCUT2D eigenvalue weighted by Gasteiger charge is 2.23. The standard InChI is InChI=1S/C22H24N6O3/c1-14-10-16(5-6-19(14)28(30)31)27-9-8-17-18(12-27)24-13-25-21(17)26-20-7-4-15(11-23-20)22(2,3)29/h4-7,10-11,13,29H,8-9,12H2,1-3H3,(H,23,24,25,26). The van der Waals surface area contributed by atoms with Crippen LogP contribution in [0.25, 0.3) is 0 Å². The van der Waals surface area contributed by atoms with Crippen LogP contribution in [0.2, 0.25) is 0 Å². The average molecular weight is 420 g/mol. The molecule has 3 aromatic rings. The highest BCUT2D eigenvalue weighted by Crippen LogP contribution is 2.30. The van der Waals surface area contributed by atoms with E-state index in [4.69, 9.17) is 0 Å². The maximum atomic E-state index is 11.1. The summed E-state index contributed by atoms with van der Waals surface area (Å²) in [5.74, 6) is 1.36. The summed E-state index contributed by atoms with van der Waals surface area (Å²) in [5, 5.41) is 24.4. The number of benzene rings is 1. The van der Waals surface area contributed by atoms with Crippen molar-refractivity contribution in [1.82, 2.24) is 15.0 Å². The number of rotatable bonds is 5. The van der Waals surface area contributed by atoms with Gasteiger partial charge in [-0.05, 0) is 45.4 Å². The molecule has 0 amide bonds. The topological polar surface area (TPSA) is 117 Å². The van der Waals surface area contributed by atoms with Crippen LogP contribution in [0.4, 0.5) is 23.0 Å². The Labute approximate surface area is 180 Å². The molecule has 160 valence electrons. The van der Waals surface area contributed by atoms with Crippen molar-refractivity contribution in [3.63, 3.8) is 0 Å². The van der Waals surface area contributed by atoms with Crippen LogP contribution in [0, 0.1) is 17.0 Å². The van der Waals surface area contributed by atoms with E-state index in [2.05, 4.69) is 25.2 Å². The molecule has 31 heavy (non-hydrogen) atoms. The zero-order valence-electron chi connectivity index (χ0n) is 17.7. The predicted molar refractivity (Wildman–Crippen MR) is 117 cm³/mol. The molecule has 9 heteroatoms. The van der Waals surface area contributed by atoms with Crippen molar-refractivity contribution in [3.8, 4) is 0 Å². The number of anilines is 3. The third-order valence-electron chi connectivity index (χ3n) is 5.47. The maximum absolute atomic E-state index is 11.1. The Morgan fingerprint density at radius 2 is 2.00 bits per heavy atom. The molecule has 1 aliphatic rings. The number of nitrogens with one attached hydrogen (secondary N) is 1. The van der Waals surface area contributed by atoms with Crippen LogP contribution >= 0.6 is 0 Å². The Kier molecular flexibility index (Phi) is 5.28. The third-order valence-corrected chi connectivity index (χ3v) is 5.47. The molecular formula is C22H24N6O3. The van der Waals surface area contributed by atoms with Gasteiger partial charge in [0.2, 0.25) is 0 Å². The monoisotopic (exact) mass is 420 g/mol. The molecule has 0 spiro atoms. The van der Waals surface area contributed by atoms with E-state index in [1.165, 1.54) is 6.33 Å². The normalized spacial score (nSPS) is 13.6. The van der Waals surface area contributed by atoms with E-state index in [1.807, 2.05) is 18.2 Å². The number of nitro groups is 1. The van der Waals surface area contributed by atoms with Gasteiger partial charge < -0.3 is 15.3 Å². The van der Waals surface area contributed by atoms with Crippen molar-refractivity contribution < 1.29 is 10.0 Å². The van der Waals surface area contributed by atoms with Gasteiger partial charge in [-0.15, -0.1) is 0 Å². The molecule has 1 aliphatic heterocycles. The number of nitrogens with zero attached hydrogens (tertiary/aromatic N) is 5. The highest BCUT2D eigenvalue weighted by atomic mass is 16.6. The van der Waals surface area contributed by atoms with Crippen LogP contribution < -0.4 is 10.2 Å². The van der Waals surface area contributed by atoms with Crippen LogP contribution in [0.5, 0.6) is 0 Å². The fourth-order valence-electron chi connectivity index (χ4n) is 3.67. The fourth-order valence-corrected chi connectivity index (χ4v) is 3.67. The van der Waals surface area contributed by atoms with E-state index in [9.17, 15) is 15.2 Å². The number of nitro benzene ring substituents is 1. The van der Waals surface area contributed by atoms with Gasteiger partial charge in [-0.25, -0.2) is 15.0 Å². The number of aromatic nitrogens is 3. The van der Waals surface area contributed by atoms with Crippen LogP contribution in [0.15, 0.2) is 42.9 Å². The Morgan fingerprint density at radius 1 is 1.19 bits per heavy atom. The molecule has 0 fully saturated rings. The molecule has 0 radical (unpaired) electrons. The Balaban J connectivity index is 1.54. The molecular weight excluding hydrogens is 396 g/mol. The fraction of sp³-hybridized carbons (Fsp3) is 0.318.